The minimum atomic E-state index is -3.18. The third-order valence-electron chi connectivity index (χ3n) is 4.75. The van der Waals surface area contributed by atoms with Crippen LogP contribution in [0.4, 0.5) is 0 Å². The Balaban J connectivity index is 2.00. The molecule has 0 aromatic carbocycles. The molecule has 2 atom stereocenters. The fourth-order valence-corrected chi connectivity index (χ4v) is 5.66. The van der Waals surface area contributed by atoms with E-state index in [1.165, 1.54) is 19.3 Å². The highest BCUT2D eigenvalue weighted by Gasteiger charge is 2.36. The summed E-state index contributed by atoms with van der Waals surface area (Å²) in [5.74, 6) is 0.647. The zero-order chi connectivity index (χ0) is 14.6. The molecule has 0 radical (unpaired) electrons. The van der Waals surface area contributed by atoms with Gasteiger partial charge in [0, 0.05) is 26.2 Å². The molecule has 0 bridgehead atoms. The van der Waals surface area contributed by atoms with E-state index >= 15 is 0 Å². The summed E-state index contributed by atoms with van der Waals surface area (Å²) >= 11 is 0. The van der Waals surface area contributed by atoms with Crippen molar-refractivity contribution in [3.8, 4) is 0 Å². The van der Waals surface area contributed by atoms with Crippen molar-refractivity contribution < 1.29 is 13.2 Å². The Morgan fingerprint density at radius 3 is 2.50 bits per heavy atom. The minimum absolute atomic E-state index is 0.0951. The lowest BCUT2D eigenvalue weighted by molar-refractivity contribution is 0.0400. The summed E-state index contributed by atoms with van der Waals surface area (Å²) in [5, 5.41) is 0. The lowest BCUT2D eigenvalue weighted by Crippen LogP contribution is -2.52. The fourth-order valence-electron chi connectivity index (χ4n) is 3.53. The van der Waals surface area contributed by atoms with Crippen molar-refractivity contribution in [2.45, 2.75) is 57.1 Å². The van der Waals surface area contributed by atoms with E-state index in [0.717, 1.165) is 25.7 Å². The standard InChI is InChI=1S/C14H28N2O3S/c1-19-14-7-8-16(13(9-14)10-15)20(17,18)11-12-5-3-2-4-6-12/h12-14H,2-11,15H2,1H3. The van der Waals surface area contributed by atoms with E-state index in [4.69, 9.17) is 10.5 Å². The monoisotopic (exact) mass is 304 g/mol. The molecule has 118 valence electrons. The Labute approximate surface area is 122 Å². The second-order valence-corrected chi connectivity index (χ2v) is 8.13. The molecule has 1 heterocycles. The molecule has 20 heavy (non-hydrogen) atoms. The number of piperidine rings is 1. The van der Waals surface area contributed by atoms with Gasteiger partial charge in [0.15, 0.2) is 0 Å². The first kappa shape index (κ1) is 16.2. The van der Waals surface area contributed by atoms with Crippen molar-refractivity contribution in [1.29, 1.82) is 0 Å². The van der Waals surface area contributed by atoms with E-state index in [-0.39, 0.29) is 12.1 Å². The van der Waals surface area contributed by atoms with Gasteiger partial charge in [-0.15, -0.1) is 0 Å². The number of hydrogen-bond donors (Lipinski definition) is 1. The summed E-state index contributed by atoms with van der Waals surface area (Å²) in [4.78, 5) is 0. The molecular weight excluding hydrogens is 276 g/mol. The molecule has 2 unspecified atom stereocenters. The van der Waals surface area contributed by atoms with E-state index in [1.54, 1.807) is 11.4 Å². The van der Waals surface area contributed by atoms with Gasteiger partial charge in [0.2, 0.25) is 10.0 Å². The number of hydrogen-bond acceptors (Lipinski definition) is 4. The predicted octanol–water partition coefficient (Wildman–Crippen LogP) is 1.33. The van der Waals surface area contributed by atoms with Crippen LogP contribution in [0.2, 0.25) is 0 Å². The molecular formula is C14H28N2O3S. The van der Waals surface area contributed by atoms with Gasteiger partial charge in [-0.05, 0) is 31.6 Å². The SMILES string of the molecule is COC1CCN(S(=O)(=O)CC2CCCCC2)C(CN)C1. The van der Waals surface area contributed by atoms with E-state index in [0.29, 0.717) is 24.8 Å². The summed E-state index contributed by atoms with van der Waals surface area (Å²) in [6, 6.07) is -0.0951. The topological polar surface area (TPSA) is 72.6 Å². The maximum atomic E-state index is 12.6. The maximum absolute atomic E-state index is 12.6. The first-order chi connectivity index (χ1) is 9.56. The molecule has 1 aliphatic carbocycles. The molecule has 2 aliphatic rings. The highest BCUT2D eigenvalue weighted by Crippen LogP contribution is 2.28. The molecule has 0 aromatic heterocycles. The normalized spacial score (nSPS) is 30.5. The number of ether oxygens (including phenoxy) is 1. The number of sulfonamides is 1. The molecule has 1 saturated carbocycles. The van der Waals surface area contributed by atoms with Gasteiger partial charge in [-0.3, -0.25) is 0 Å². The Bertz CT molecular complexity index is 393. The second kappa shape index (κ2) is 7.20. The number of methoxy groups -OCH3 is 1. The first-order valence-corrected chi connectivity index (χ1v) is 9.40. The summed E-state index contributed by atoms with van der Waals surface area (Å²) in [5.41, 5.74) is 5.78. The smallest absolute Gasteiger partial charge is 0.214 e. The average molecular weight is 304 g/mol. The third kappa shape index (κ3) is 3.93. The van der Waals surface area contributed by atoms with Gasteiger partial charge < -0.3 is 10.5 Å². The van der Waals surface area contributed by atoms with Crippen molar-refractivity contribution in [3.05, 3.63) is 0 Å². The summed E-state index contributed by atoms with van der Waals surface area (Å²) in [7, 11) is -1.49. The molecule has 5 nitrogen and oxygen atoms in total. The summed E-state index contributed by atoms with van der Waals surface area (Å²) in [6.45, 7) is 0.930. The number of nitrogens with zero attached hydrogens (tertiary/aromatic N) is 1. The van der Waals surface area contributed by atoms with Gasteiger partial charge in [0.1, 0.15) is 0 Å². The average Bonchev–Trinajstić information content (AvgIpc) is 2.47. The highest BCUT2D eigenvalue weighted by atomic mass is 32.2. The third-order valence-corrected chi connectivity index (χ3v) is 6.84. The van der Waals surface area contributed by atoms with Crippen molar-refractivity contribution in [3.63, 3.8) is 0 Å². The van der Waals surface area contributed by atoms with Gasteiger partial charge in [-0.1, -0.05) is 19.3 Å². The largest absolute Gasteiger partial charge is 0.381 e. The van der Waals surface area contributed by atoms with Crippen LogP contribution in [0.1, 0.15) is 44.9 Å². The van der Waals surface area contributed by atoms with E-state index in [2.05, 4.69) is 0 Å². The number of nitrogens with two attached hydrogens (primary N) is 1. The molecule has 0 aromatic rings. The van der Waals surface area contributed by atoms with Crippen LogP contribution in [0.25, 0.3) is 0 Å². The lowest BCUT2D eigenvalue weighted by Gasteiger charge is -2.38. The Kier molecular flexibility index (Phi) is 5.84. The zero-order valence-corrected chi connectivity index (χ0v) is 13.3. The Morgan fingerprint density at radius 1 is 1.20 bits per heavy atom. The van der Waals surface area contributed by atoms with Crippen molar-refractivity contribution in [2.24, 2.45) is 11.7 Å². The van der Waals surface area contributed by atoms with Crippen molar-refractivity contribution >= 4 is 10.0 Å². The number of rotatable bonds is 5. The van der Waals surface area contributed by atoms with Crippen LogP contribution >= 0.6 is 0 Å². The quantitative estimate of drug-likeness (QED) is 0.832. The van der Waals surface area contributed by atoms with Crippen LogP contribution in [-0.4, -0.2) is 50.8 Å². The fraction of sp³-hybridized carbons (Fsp3) is 1.00. The molecule has 2 N–H and O–H groups in total. The minimum Gasteiger partial charge on any atom is -0.381 e. The molecule has 0 amide bonds. The Morgan fingerprint density at radius 2 is 1.90 bits per heavy atom. The lowest BCUT2D eigenvalue weighted by atomic mass is 9.91. The van der Waals surface area contributed by atoms with Gasteiger partial charge in [-0.25, -0.2) is 8.42 Å². The molecule has 1 aliphatic heterocycles. The molecule has 6 heteroatoms. The van der Waals surface area contributed by atoms with E-state index < -0.39 is 10.0 Å². The van der Waals surface area contributed by atoms with Crippen molar-refractivity contribution in [2.75, 3.05) is 26.0 Å². The van der Waals surface area contributed by atoms with E-state index in [9.17, 15) is 8.42 Å². The Hall–Kier alpha value is -0.170. The van der Waals surface area contributed by atoms with Crippen LogP contribution in [-0.2, 0) is 14.8 Å². The predicted molar refractivity (Wildman–Crippen MR) is 79.9 cm³/mol. The van der Waals surface area contributed by atoms with Crippen LogP contribution in [0.3, 0.4) is 0 Å². The van der Waals surface area contributed by atoms with Crippen molar-refractivity contribution in [1.82, 2.24) is 4.31 Å². The highest BCUT2D eigenvalue weighted by molar-refractivity contribution is 7.89. The first-order valence-electron chi connectivity index (χ1n) is 7.79. The molecule has 2 fully saturated rings. The van der Waals surface area contributed by atoms with Gasteiger partial charge in [0.05, 0.1) is 11.9 Å². The van der Waals surface area contributed by atoms with Crippen LogP contribution in [0.15, 0.2) is 0 Å². The zero-order valence-electron chi connectivity index (χ0n) is 12.5. The maximum Gasteiger partial charge on any atom is 0.214 e. The second-order valence-electron chi connectivity index (χ2n) is 6.16. The van der Waals surface area contributed by atoms with Gasteiger partial charge in [0.25, 0.3) is 0 Å². The van der Waals surface area contributed by atoms with Crippen LogP contribution < -0.4 is 5.73 Å². The summed E-state index contributed by atoms with van der Waals surface area (Å²) < 4.78 is 32.3. The van der Waals surface area contributed by atoms with Gasteiger partial charge >= 0.3 is 0 Å². The molecule has 1 saturated heterocycles. The van der Waals surface area contributed by atoms with E-state index in [1.807, 2.05) is 0 Å². The van der Waals surface area contributed by atoms with Crippen LogP contribution in [0, 0.1) is 5.92 Å². The molecule has 0 spiro atoms. The molecule has 2 rings (SSSR count). The van der Waals surface area contributed by atoms with Gasteiger partial charge in [-0.2, -0.15) is 4.31 Å². The summed E-state index contributed by atoms with van der Waals surface area (Å²) in [6.07, 6.45) is 7.35. The van der Waals surface area contributed by atoms with Crippen LogP contribution in [0.5, 0.6) is 0 Å².